The minimum absolute atomic E-state index is 0.435. The van der Waals surface area contributed by atoms with Crippen LogP contribution in [0.2, 0.25) is 0 Å². The lowest BCUT2D eigenvalue weighted by Gasteiger charge is -2.52. The molecule has 0 spiro atoms. The molecule has 2 rings (SSSR count). The summed E-state index contributed by atoms with van der Waals surface area (Å²) in [5, 5.41) is 0. The van der Waals surface area contributed by atoms with E-state index in [9.17, 15) is 0 Å². The highest BCUT2D eigenvalue weighted by Crippen LogP contribution is 2.43. The van der Waals surface area contributed by atoms with Crippen molar-refractivity contribution in [2.24, 2.45) is 11.1 Å². The highest BCUT2D eigenvalue weighted by molar-refractivity contribution is 4.97. The van der Waals surface area contributed by atoms with Gasteiger partial charge < -0.3 is 5.73 Å². The van der Waals surface area contributed by atoms with Gasteiger partial charge >= 0.3 is 0 Å². The van der Waals surface area contributed by atoms with Gasteiger partial charge in [-0.05, 0) is 37.6 Å². The number of hydrogen-bond acceptors (Lipinski definition) is 2. The highest BCUT2D eigenvalue weighted by Gasteiger charge is 2.42. The minimum Gasteiger partial charge on any atom is -0.327 e. The van der Waals surface area contributed by atoms with Crippen LogP contribution in [-0.4, -0.2) is 30.1 Å². The van der Waals surface area contributed by atoms with E-state index in [-0.39, 0.29) is 0 Å². The molecule has 13 heavy (non-hydrogen) atoms. The molecule has 1 saturated heterocycles. The number of likely N-dealkylation sites (tertiary alicyclic amines) is 1. The van der Waals surface area contributed by atoms with Gasteiger partial charge in [0.15, 0.2) is 0 Å². The van der Waals surface area contributed by atoms with E-state index >= 15 is 0 Å². The summed E-state index contributed by atoms with van der Waals surface area (Å²) in [6.07, 6.45) is 5.31. The standard InChI is InChI=1S/C11H22N2/c1-11(2)6-5-10(11)13-7-3-4-9(12)8-13/h9-10H,3-8,12H2,1-2H3. The summed E-state index contributed by atoms with van der Waals surface area (Å²) in [6, 6.07) is 1.25. The van der Waals surface area contributed by atoms with Crippen molar-refractivity contribution in [1.82, 2.24) is 4.90 Å². The summed E-state index contributed by atoms with van der Waals surface area (Å²) in [6.45, 7) is 7.19. The largest absolute Gasteiger partial charge is 0.327 e. The molecule has 2 aliphatic rings. The van der Waals surface area contributed by atoms with E-state index in [1.54, 1.807) is 0 Å². The second-order valence-corrected chi connectivity index (χ2v) is 5.44. The zero-order valence-corrected chi connectivity index (χ0v) is 8.92. The normalized spacial score (nSPS) is 39.9. The SMILES string of the molecule is CC1(C)CCC1N1CCCC(N)C1. The van der Waals surface area contributed by atoms with Crippen molar-refractivity contribution in [3.05, 3.63) is 0 Å². The predicted molar refractivity (Wildman–Crippen MR) is 55.6 cm³/mol. The Morgan fingerprint density at radius 3 is 2.54 bits per heavy atom. The van der Waals surface area contributed by atoms with Crippen LogP contribution in [0.25, 0.3) is 0 Å². The Balaban J connectivity index is 1.93. The molecule has 1 heterocycles. The van der Waals surface area contributed by atoms with Crippen LogP contribution in [0.5, 0.6) is 0 Å². The smallest absolute Gasteiger partial charge is 0.0168 e. The summed E-state index contributed by atoms with van der Waals surface area (Å²) in [5.41, 5.74) is 6.54. The quantitative estimate of drug-likeness (QED) is 0.667. The molecule has 2 unspecified atom stereocenters. The lowest BCUT2D eigenvalue weighted by Crippen LogP contribution is -2.57. The van der Waals surface area contributed by atoms with Gasteiger partial charge in [-0.25, -0.2) is 0 Å². The molecule has 0 aromatic rings. The third-order valence-corrected chi connectivity index (χ3v) is 3.89. The molecule has 0 amide bonds. The summed E-state index contributed by atoms with van der Waals surface area (Å²) < 4.78 is 0. The van der Waals surface area contributed by atoms with Crippen molar-refractivity contribution in [3.8, 4) is 0 Å². The van der Waals surface area contributed by atoms with E-state index in [0.29, 0.717) is 11.5 Å². The molecular formula is C11H22N2. The third-order valence-electron chi connectivity index (χ3n) is 3.89. The first-order valence-corrected chi connectivity index (χ1v) is 5.59. The van der Waals surface area contributed by atoms with Gasteiger partial charge in [0, 0.05) is 18.6 Å². The van der Waals surface area contributed by atoms with E-state index in [4.69, 9.17) is 5.73 Å². The van der Waals surface area contributed by atoms with Crippen molar-refractivity contribution in [2.45, 2.75) is 51.6 Å². The van der Waals surface area contributed by atoms with Crippen LogP contribution >= 0.6 is 0 Å². The molecule has 1 saturated carbocycles. The van der Waals surface area contributed by atoms with Crippen LogP contribution in [0.15, 0.2) is 0 Å². The monoisotopic (exact) mass is 182 g/mol. The zero-order valence-electron chi connectivity index (χ0n) is 8.92. The first kappa shape index (κ1) is 9.47. The molecule has 2 heteroatoms. The van der Waals surface area contributed by atoms with Crippen LogP contribution < -0.4 is 5.73 Å². The second-order valence-electron chi connectivity index (χ2n) is 5.44. The average molecular weight is 182 g/mol. The van der Waals surface area contributed by atoms with Crippen molar-refractivity contribution < 1.29 is 0 Å². The molecule has 0 radical (unpaired) electrons. The topological polar surface area (TPSA) is 29.3 Å². The van der Waals surface area contributed by atoms with E-state index in [1.165, 1.54) is 32.2 Å². The molecule has 2 nitrogen and oxygen atoms in total. The Bertz CT molecular complexity index is 189. The molecule has 0 bridgehead atoms. The first-order chi connectivity index (χ1) is 6.09. The van der Waals surface area contributed by atoms with Gasteiger partial charge in [0.1, 0.15) is 0 Å². The Hall–Kier alpha value is -0.0800. The zero-order chi connectivity index (χ0) is 9.47. The third kappa shape index (κ3) is 1.75. The molecule has 2 N–H and O–H groups in total. The van der Waals surface area contributed by atoms with Crippen molar-refractivity contribution in [1.29, 1.82) is 0 Å². The molecule has 76 valence electrons. The molecule has 2 fully saturated rings. The molecule has 0 aromatic carbocycles. The number of nitrogens with zero attached hydrogens (tertiary/aromatic N) is 1. The predicted octanol–water partition coefficient (Wildman–Crippen LogP) is 1.60. The van der Waals surface area contributed by atoms with E-state index in [1.807, 2.05) is 0 Å². The van der Waals surface area contributed by atoms with Gasteiger partial charge in [-0.3, -0.25) is 4.90 Å². The van der Waals surface area contributed by atoms with Crippen LogP contribution in [-0.2, 0) is 0 Å². The molecule has 2 atom stereocenters. The maximum Gasteiger partial charge on any atom is 0.0168 e. The van der Waals surface area contributed by atoms with Crippen molar-refractivity contribution in [3.63, 3.8) is 0 Å². The van der Waals surface area contributed by atoms with Gasteiger partial charge in [-0.2, -0.15) is 0 Å². The summed E-state index contributed by atoms with van der Waals surface area (Å²) >= 11 is 0. The van der Waals surface area contributed by atoms with E-state index < -0.39 is 0 Å². The van der Waals surface area contributed by atoms with Gasteiger partial charge in [0.2, 0.25) is 0 Å². The summed E-state index contributed by atoms with van der Waals surface area (Å²) in [7, 11) is 0. The maximum absolute atomic E-state index is 5.99. The number of hydrogen-bond donors (Lipinski definition) is 1. The lowest BCUT2D eigenvalue weighted by molar-refractivity contribution is -0.0138. The Labute approximate surface area is 81.5 Å². The Morgan fingerprint density at radius 2 is 2.08 bits per heavy atom. The fraction of sp³-hybridized carbons (Fsp3) is 1.00. The lowest BCUT2D eigenvalue weighted by atomic mass is 9.66. The fourth-order valence-corrected chi connectivity index (χ4v) is 2.85. The Morgan fingerprint density at radius 1 is 1.31 bits per heavy atom. The average Bonchev–Trinajstić information content (AvgIpc) is 2.02. The second kappa shape index (κ2) is 3.25. The van der Waals surface area contributed by atoms with Gasteiger partial charge in [0.05, 0.1) is 0 Å². The van der Waals surface area contributed by atoms with Crippen LogP contribution in [0.1, 0.15) is 39.5 Å². The molecular weight excluding hydrogens is 160 g/mol. The van der Waals surface area contributed by atoms with E-state index in [2.05, 4.69) is 18.7 Å². The van der Waals surface area contributed by atoms with Crippen LogP contribution in [0, 0.1) is 5.41 Å². The minimum atomic E-state index is 0.435. The molecule has 1 aliphatic carbocycles. The number of rotatable bonds is 1. The molecule has 1 aliphatic heterocycles. The van der Waals surface area contributed by atoms with Crippen molar-refractivity contribution >= 4 is 0 Å². The van der Waals surface area contributed by atoms with Gasteiger partial charge in [0.25, 0.3) is 0 Å². The van der Waals surface area contributed by atoms with E-state index in [0.717, 1.165) is 12.6 Å². The molecule has 0 aromatic heterocycles. The Kier molecular flexibility index (Phi) is 2.37. The van der Waals surface area contributed by atoms with Gasteiger partial charge in [-0.15, -0.1) is 0 Å². The number of piperidine rings is 1. The highest BCUT2D eigenvalue weighted by atomic mass is 15.2. The van der Waals surface area contributed by atoms with Crippen LogP contribution in [0.4, 0.5) is 0 Å². The first-order valence-electron chi connectivity index (χ1n) is 5.59. The van der Waals surface area contributed by atoms with Crippen molar-refractivity contribution in [2.75, 3.05) is 13.1 Å². The van der Waals surface area contributed by atoms with Gasteiger partial charge in [-0.1, -0.05) is 13.8 Å². The maximum atomic E-state index is 5.99. The van der Waals surface area contributed by atoms with Crippen LogP contribution in [0.3, 0.4) is 0 Å². The number of nitrogens with two attached hydrogens (primary N) is 1. The summed E-state index contributed by atoms with van der Waals surface area (Å²) in [4.78, 5) is 2.62. The summed E-state index contributed by atoms with van der Waals surface area (Å²) in [5.74, 6) is 0. The fourth-order valence-electron chi connectivity index (χ4n) is 2.85.